The summed E-state index contributed by atoms with van der Waals surface area (Å²) in [5.74, 6) is 0.920. The number of nitrogens with zero attached hydrogens (tertiary/aromatic N) is 1. The van der Waals surface area contributed by atoms with Crippen molar-refractivity contribution in [3.05, 3.63) is 59.7 Å². The molecule has 2 aromatic carbocycles. The molecule has 0 heterocycles. The Bertz CT molecular complexity index is 570. The second kappa shape index (κ2) is 6.46. The summed E-state index contributed by atoms with van der Waals surface area (Å²) in [6.07, 6.45) is 0.893. The van der Waals surface area contributed by atoms with E-state index in [0.717, 1.165) is 24.4 Å². The number of hydrogen-bond donors (Lipinski definition) is 1. The molecule has 0 radical (unpaired) electrons. The highest BCUT2D eigenvalue weighted by atomic mass is 16.5. The molecule has 3 heteroatoms. The Labute approximate surface area is 113 Å². The molecular weight excluding hydrogens is 236 g/mol. The first-order valence-corrected chi connectivity index (χ1v) is 6.19. The Kier molecular flexibility index (Phi) is 4.41. The first-order chi connectivity index (χ1) is 9.33. The zero-order valence-corrected chi connectivity index (χ0v) is 10.9. The van der Waals surface area contributed by atoms with Crippen molar-refractivity contribution in [2.75, 3.05) is 19.0 Å². The molecule has 1 N–H and O–H groups in total. The van der Waals surface area contributed by atoms with Crippen molar-refractivity contribution in [3.8, 4) is 11.8 Å². The van der Waals surface area contributed by atoms with E-state index in [1.807, 2.05) is 42.5 Å². The minimum absolute atomic E-state index is 0.676. The zero-order chi connectivity index (χ0) is 13.5. The SMILES string of the molecule is COc1ccccc1CCNc1ccc(C#N)cc1. The molecule has 3 nitrogen and oxygen atoms in total. The van der Waals surface area contributed by atoms with E-state index in [0.29, 0.717) is 5.56 Å². The predicted molar refractivity (Wildman–Crippen MR) is 76.3 cm³/mol. The van der Waals surface area contributed by atoms with Crippen molar-refractivity contribution in [3.63, 3.8) is 0 Å². The van der Waals surface area contributed by atoms with Gasteiger partial charge in [0.1, 0.15) is 5.75 Å². The molecule has 2 rings (SSSR count). The molecule has 0 atom stereocenters. The molecular formula is C16H16N2O. The maximum absolute atomic E-state index is 8.73. The van der Waals surface area contributed by atoms with Crippen molar-refractivity contribution in [2.45, 2.75) is 6.42 Å². The summed E-state index contributed by atoms with van der Waals surface area (Å²) in [5, 5.41) is 12.1. The fourth-order valence-electron chi connectivity index (χ4n) is 1.91. The number of methoxy groups -OCH3 is 1. The van der Waals surface area contributed by atoms with Crippen LogP contribution in [0.25, 0.3) is 0 Å². The standard InChI is InChI=1S/C16H16N2O/c1-19-16-5-3-2-4-14(16)10-11-18-15-8-6-13(12-17)7-9-15/h2-9,18H,10-11H2,1H3. The monoisotopic (exact) mass is 252 g/mol. The molecule has 0 fully saturated rings. The second-order valence-corrected chi connectivity index (χ2v) is 4.18. The molecule has 2 aromatic rings. The zero-order valence-electron chi connectivity index (χ0n) is 10.9. The molecule has 0 aromatic heterocycles. The number of ether oxygens (including phenoxy) is 1. The van der Waals surface area contributed by atoms with Gasteiger partial charge in [-0.3, -0.25) is 0 Å². The molecule has 19 heavy (non-hydrogen) atoms. The molecule has 0 saturated heterocycles. The summed E-state index contributed by atoms with van der Waals surface area (Å²) < 4.78 is 5.31. The summed E-state index contributed by atoms with van der Waals surface area (Å²) in [6.45, 7) is 0.826. The van der Waals surface area contributed by atoms with E-state index in [4.69, 9.17) is 10.00 Å². The van der Waals surface area contributed by atoms with Gasteiger partial charge in [-0.15, -0.1) is 0 Å². The number of para-hydroxylation sites is 1. The van der Waals surface area contributed by atoms with Crippen molar-refractivity contribution in [1.29, 1.82) is 5.26 Å². The van der Waals surface area contributed by atoms with Crippen LogP contribution in [0.2, 0.25) is 0 Å². The highest BCUT2D eigenvalue weighted by molar-refractivity contribution is 5.47. The van der Waals surface area contributed by atoms with E-state index in [-0.39, 0.29) is 0 Å². The number of nitrogens with one attached hydrogen (secondary N) is 1. The maximum atomic E-state index is 8.73. The smallest absolute Gasteiger partial charge is 0.122 e. The van der Waals surface area contributed by atoms with E-state index in [1.54, 1.807) is 7.11 Å². The van der Waals surface area contributed by atoms with Crippen LogP contribution in [0.4, 0.5) is 5.69 Å². The Morgan fingerprint density at radius 2 is 1.84 bits per heavy atom. The third-order valence-electron chi connectivity index (χ3n) is 2.93. The van der Waals surface area contributed by atoms with E-state index in [2.05, 4.69) is 17.5 Å². The van der Waals surface area contributed by atoms with Gasteiger partial charge in [-0.1, -0.05) is 18.2 Å². The molecule has 0 aliphatic heterocycles. The summed E-state index contributed by atoms with van der Waals surface area (Å²) in [6, 6.07) is 17.6. The topological polar surface area (TPSA) is 45.0 Å². The van der Waals surface area contributed by atoms with Crippen LogP contribution in [0.15, 0.2) is 48.5 Å². The van der Waals surface area contributed by atoms with Crippen LogP contribution in [0.1, 0.15) is 11.1 Å². The summed E-state index contributed by atoms with van der Waals surface area (Å²) in [7, 11) is 1.69. The van der Waals surface area contributed by atoms with Gasteiger partial charge in [0.25, 0.3) is 0 Å². The van der Waals surface area contributed by atoms with Crippen LogP contribution in [0.5, 0.6) is 5.75 Å². The van der Waals surface area contributed by atoms with Gasteiger partial charge in [-0.05, 0) is 42.3 Å². The van der Waals surface area contributed by atoms with E-state index >= 15 is 0 Å². The summed E-state index contributed by atoms with van der Waals surface area (Å²) in [4.78, 5) is 0. The highest BCUT2D eigenvalue weighted by Crippen LogP contribution is 2.18. The van der Waals surface area contributed by atoms with Crippen LogP contribution < -0.4 is 10.1 Å². The molecule has 0 unspecified atom stereocenters. The van der Waals surface area contributed by atoms with E-state index in [1.165, 1.54) is 5.56 Å². The van der Waals surface area contributed by atoms with Gasteiger partial charge in [0, 0.05) is 12.2 Å². The van der Waals surface area contributed by atoms with Crippen LogP contribution in [0, 0.1) is 11.3 Å². The Morgan fingerprint density at radius 3 is 2.53 bits per heavy atom. The lowest BCUT2D eigenvalue weighted by molar-refractivity contribution is 0.410. The molecule has 0 aliphatic rings. The molecule has 96 valence electrons. The van der Waals surface area contributed by atoms with Crippen LogP contribution in [-0.2, 0) is 6.42 Å². The van der Waals surface area contributed by atoms with Gasteiger partial charge in [0.05, 0.1) is 18.7 Å². The van der Waals surface area contributed by atoms with Gasteiger partial charge in [0.15, 0.2) is 0 Å². The Balaban J connectivity index is 1.91. The van der Waals surface area contributed by atoms with Gasteiger partial charge >= 0.3 is 0 Å². The minimum atomic E-state index is 0.676. The lowest BCUT2D eigenvalue weighted by atomic mass is 10.1. The van der Waals surface area contributed by atoms with Gasteiger partial charge in [0.2, 0.25) is 0 Å². The molecule has 0 aliphatic carbocycles. The average molecular weight is 252 g/mol. The molecule has 0 amide bonds. The van der Waals surface area contributed by atoms with Gasteiger partial charge in [-0.2, -0.15) is 5.26 Å². The van der Waals surface area contributed by atoms with Crippen molar-refractivity contribution >= 4 is 5.69 Å². The summed E-state index contributed by atoms with van der Waals surface area (Å²) >= 11 is 0. The largest absolute Gasteiger partial charge is 0.496 e. The predicted octanol–water partition coefficient (Wildman–Crippen LogP) is 3.22. The average Bonchev–Trinajstić information content (AvgIpc) is 2.48. The molecule has 0 bridgehead atoms. The first-order valence-electron chi connectivity index (χ1n) is 6.19. The maximum Gasteiger partial charge on any atom is 0.122 e. The first kappa shape index (κ1) is 13.0. The third kappa shape index (κ3) is 3.49. The Morgan fingerprint density at radius 1 is 1.11 bits per heavy atom. The quantitative estimate of drug-likeness (QED) is 0.888. The van der Waals surface area contributed by atoms with E-state index < -0.39 is 0 Å². The summed E-state index contributed by atoms with van der Waals surface area (Å²) in [5.41, 5.74) is 2.88. The highest BCUT2D eigenvalue weighted by Gasteiger charge is 2.01. The van der Waals surface area contributed by atoms with Crippen molar-refractivity contribution in [2.24, 2.45) is 0 Å². The van der Waals surface area contributed by atoms with Crippen molar-refractivity contribution < 1.29 is 4.74 Å². The van der Waals surface area contributed by atoms with Crippen molar-refractivity contribution in [1.82, 2.24) is 0 Å². The second-order valence-electron chi connectivity index (χ2n) is 4.18. The lowest BCUT2D eigenvalue weighted by Gasteiger charge is -2.09. The van der Waals surface area contributed by atoms with Gasteiger partial charge in [-0.25, -0.2) is 0 Å². The fraction of sp³-hybridized carbons (Fsp3) is 0.188. The van der Waals surface area contributed by atoms with Crippen LogP contribution >= 0.6 is 0 Å². The Hall–Kier alpha value is -2.47. The van der Waals surface area contributed by atoms with Crippen LogP contribution in [0.3, 0.4) is 0 Å². The normalized spacial score (nSPS) is 9.68. The fourth-order valence-corrected chi connectivity index (χ4v) is 1.91. The lowest BCUT2D eigenvalue weighted by Crippen LogP contribution is -2.05. The number of hydrogen-bond acceptors (Lipinski definition) is 3. The minimum Gasteiger partial charge on any atom is -0.496 e. The van der Waals surface area contributed by atoms with Crippen LogP contribution in [-0.4, -0.2) is 13.7 Å². The number of rotatable bonds is 5. The number of anilines is 1. The third-order valence-corrected chi connectivity index (χ3v) is 2.93. The molecule has 0 saturated carbocycles. The number of benzene rings is 2. The molecule has 0 spiro atoms. The van der Waals surface area contributed by atoms with Gasteiger partial charge < -0.3 is 10.1 Å². The number of nitriles is 1. The van der Waals surface area contributed by atoms with E-state index in [9.17, 15) is 0 Å².